The zero-order valence-electron chi connectivity index (χ0n) is 14.7. The third-order valence-corrected chi connectivity index (χ3v) is 7.17. The van der Waals surface area contributed by atoms with E-state index in [1.807, 2.05) is 6.92 Å². The molecule has 2 fully saturated rings. The molecule has 2 aliphatic carbocycles. The first-order valence-electron chi connectivity index (χ1n) is 8.98. The Morgan fingerprint density at radius 3 is 2.78 bits per heavy atom. The molecule has 3 nitrogen and oxygen atoms in total. The van der Waals surface area contributed by atoms with Crippen molar-refractivity contribution in [1.82, 2.24) is 0 Å². The molecule has 3 heteroatoms. The predicted molar refractivity (Wildman–Crippen MR) is 91.2 cm³/mol. The van der Waals surface area contributed by atoms with E-state index in [1.165, 1.54) is 11.1 Å². The van der Waals surface area contributed by atoms with Crippen molar-refractivity contribution in [1.29, 1.82) is 0 Å². The fourth-order valence-corrected chi connectivity index (χ4v) is 5.67. The number of fused-ring (bicyclic) bond motifs is 1. The summed E-state index contributed by atoms with van der Waals surface area (Å²) in [4.78, 5) is 12.0. The summed E-state index contributed by atoms with van der Waals surface area (Å²) in [6.45, 7) is 11.5. The number of hydrogen-bond donors (Lipinski definition) is 1. The van der Waals surface area contributed by atoms with Crippen LogP contribution in [-0.4, -0.2) is 23.8 Å². The number of carboxylic acid groups (broad SMARTS) is 1. The maximum absolute atomic E-state index is 12.0. The van der Waals surface area contributed by atoms with Gasteiger partial charge in [-0.3, -0.25) is 4.79 Å². The standard InChI is InChI=1S/C20H30O3/c1-13-6-7-17-19(3,9-5-10-20(17,4)18(21)22)15(13)12-16-14(2)8-11-23-16/h8,15-17H,1,5-7,9-12H2,2-4H3,(H,21,22)/t15-,16?,17+,19+,20+/m0/s1. The van der Waals surface area contributed by atoms with E-state index in [9.17, 15) is 9.90 Å². The van der Waals surface area contributed by atoms with Gasteiger partial charge in [-0.15, -0.1) is 0 Å². The van der Waals surface area contributed by atoms with E-state index in [0.29, 0.717) is 12.5 Å². The molecule has 1 heterocycles. The smallest absolute Gasteiger partial charge is 0.309 e. The van der Waals surface area contributed by atoms with Crippen LogP contribution in [0.15, 0.2) is 23.8 Å². The molecule has 0 bridgehead atoms. The molecule has 23 heavy (non-hydrogen) atoms. The van der Waals surface area contributed by atoms with E-state index in [4.69, 9.17) is 4.74 Å². The lowest BCUT2D eigenvalue weighted by molar-refractivity contribution is -0.164. The Labute approximate surface area is 139 Å². The third kappa shape index (κ3) is 2.57. The number of rotatable bonds is 3. The van der Waals surface area contributed by atoms with Crippen molar-refractivity contribution in [3.8, 4) is 0 Å². The van der Waals surface area contributed by atoms with Crippen LogP contribution in [-0.2, 0) is 9.53 Å². The Morgan fingerprint density at radius 2 is 2.17 bits per heavy atom. The van der Waals surface area contributed by atoms with E-state index in [0.717, 1.165) is 38.5 Å². The van der Waals surface area contributed by atoms with E-state index >= 15 is 0 Å². The van der Waals surface area contributed by atoms with E-state index < -0.39 is 11.4 Å². The third-order valence-electron chi connectivity index (χ3n) is 7.17. The lowest BCUT2D eigenvalue weighted by Crippen LogP contribution is -2.53. The summed E-state index contributed by atoms with van der Waals surface area (Å²) in [5.74, 6) is -0.0120. The SMILES string of the molecule is C=C1CC[C@@H]2[C@](C)(CCC[C@@]2(C)C(=O)O)[C@H]1CC1OCC=C1C. The minimum absolute atomic E-state index is 0.0347. The lowest BCUT2D eigenvalue weighted by atomic mass is 9.46. The maximum Gasteiger partial charge on any atom is 0.309 e. The summed E-state index contributed by atoms with van der Waals surface area (Å²) >= 11 is 0. The van der Waals surface area contributed by atoms with Crippen LogP contribution in [0.5, 0.6) is 0 Å². The second-order valence-electron chi connectivity index (χ2n) is 8.39. The highest BCUT2D eigenvalue weighted by molar-refractivity contribution is 5.75. The summed E-state index contributed by atoms with van der Waals surface area (Å²) in [5.41, 5.74) is 2.07. The molecule has 0 radical (unpaired) electrons. The van der Waals surface area contributed by atoms with Gasteiger partial charge < -0.3 is 9.84 Å². The number of carbonyl (C=O) groups is 1. The molecule has 3 aliphatic rings. The van der Waals surface area contributed by atoms with Gasteiger partial charge in [0.2, 0.25) is 0 Å². The Morgan fingerprint density at radius 1 is 1.43 bits per heavy atom. The zero-order chi connectivity index (χ0) is 16.8. The highest BCUT2D eigenvalue weighted by atomic mass is 16.5. The molecule has 0 spiro atoms. The van der Waals surface area contributed by atoms with Crippen molar-refractivity contribution >= 4 is 5.97 Å². The molecule has 0 aromatic heterocycles. The van der Waals surface area contributed by atoms with Crippen LogP contribution >= 0.6 is 0 Å². The first kappa shape index (κ1) is 16.8. The fourth-order valence-electron chi connectivity index (χ4n) is 5.67. The summed E-state index contributed by atoms with van der Waals surface area (Å²) in [6.07, 6.45) is 8.16. The molecule has 128 valence electrons. The second-order valence-corrected chi connectivity index (χ2v) is 8.39. The second kappa shape index (κ2) is 5.77. The Kier molecular flexibility index (Phi) is 4.20. The van der Waals surface area contributed by atoms with Gasteiger partial charge in [0, 0.05) is 0 Å². The minimum Gasteiger partial charge on any atom is -0.481 e. The van der Waals surface area contributed by atoms with Crippen molar-refractivity contribution in [2.24, 2.45) is 22.7 Å². The Bertz CT molecular complexity index is 549. The largest absolute Gasteiger partial charge is 0.481 e. The molecule has 3 rings (SSSR count). The molecular weight excluding hydrogens is 288 g/mol. The van der Waals surface area contributed by atoms with Crippen LogP contribution in [0.1, 0.15) is 59.3 Å². The van der Waals surface area contributed by atoms with Gasteiger partial charge in [0.15, 0.2) is 0 Å². The van der Waals surface area contributed by atoms with Gasteiger partial charge in [0.25, 0.3) is 0 Å². The van der Waals surface area contributed by atoms with Gasteiger partial charge >= 0.3 is 5.97 Å². The first-order valence-corrected chi connectivity index (χ1v) is 8.98. The van der Waals surface area contributed by atoms with E-state index in [1.54, 1.807) is 0 Å². The molecule has 1 aliphatic heterocycles. The van der Waals surface area contributed by atoms with Gasteiger partial charge in [-0.1, -0.05) is 31.6 Å². The molecule has 2 saturated carbocycles. The maximum atomic E-state index is 12.0. The van der Waals surface area contributed by atoms with Crippen LogP contribution in [0.3, 0.4) is 0 Å². The average molecular weight is 318 g/mol. The van der Waals surface area contributed by atoms with E-state index in [2.05, 4.69) is 26.5 Å². The van der Waals surface area contributed by atoms with Gasteiger partial charge in [-0.2, -0.15) is 0 Å². The fraction of sp³-hybridized carbons (Fsp3) is 0.750. The number of carboxylic acids is 1. The van der Waals surface area contributed by atoms with Crippen molar-refractivity contribution < 1.29 is 14.6 Å². The molecule has 1 N–H and O–H groups in total. The van der Waals surface area contributed by atoms with Gasteiger partial charge in [-0.25, -0.2) is 0 Å². The highest BCUT2D eigenvalue weighted by Gasteiger charge is 2.57. The monoisotopic (exact) mass is 318 g/mol. The average Bonchev–Trinajstić information content (AvgIpc) is 2.88. The Balaban J connectivity index is 1.91. The number of aliphatic carboxylic acids is 1. The van der Waals surface area contributed by atoms with Gasteiger partial charge in [-0.05, 0) is 68.8 Å². The zero-order valence-corrected chi connectivity index (χ0v) is 14.7. The van der Waals surface area contributed by atoms with Crippen molar-refractivity contribution in [3.05, 3.63) is 23.8 Å². The summed E-state index contributed by atoms with van der Waals surface area (Å²) in [7, 11) is 0. The molecule has 5 atom stereocenters. The van der Waals surface area contributed by atoms with Gasteiger partial charge in [0.05, 0.1) is 18.1 Å². The number of allylic oxidation sites excluding steroid dienone is 1. The van der Waals surface area contributed by atoms with Crippen molar-refractivity contribution in [2.45, 2.75) is 65.4 Å². The number of hydrogen-bond acceptors (Lipinski definition) is 2. The highest BCUT2D eigenvalue weighted by Crippen LogP contribution is 2.62. The molecule has 0 amide bonds. The summed E-state index contributed by atoms with van der Waals surface area (Å²) in [5, 5.41) is 9.87. The van der Waals surface area contributed by atoms with Crippen molar-refractivity contribution in [2.75, 3.05) is 6.61 Å². The molecular formula is C20H30O3. The molecule has 0 aromatic carbocycles. The first-order chi connectivity index (χ1) is 10.8. The topological polar surface area (TPSA) is 46.5 Å². The van der Waals surface area contributed by atoms with Crippen LogP contribution in [0.2, 0.25) is 0 Å². The molecule has 0 aromatic rings. The van der Waals surface area contributed by atoms with Gasteiger partial charge in [0.1, 0.15) is 0 Å². The van der Waals surface area contributed by atoms with Crippen LogP contribution < -0.4 is 0 Å². The quantitative estimate of drug-likeness (QED) is 0.774. The van der Waals surface area contributed by atoms with E-state index in [-0.39, 0.29) is 17.4 Å². The van der Waals surface area contributed by atoms with Crippen LogP contribution in [0, 0.1) is 22.7 Å². The normalized spacial score (nSPS) is 43.9. The minimum atomic E-state index is -0.618. The van der Waals surface area contributed by atoms with Crippen LogP contribution in [0.4, 0.5) is 0 Å². The van der Waals surface area contributed by atoms with Crippen molar-refractivity contribution in [3.63, 3.8) is 0 Å². The summed E-state index contributed by atoms with van der Waals surface area (Å²) < 4.78 is 5.89. The summed E-state index contributed by atoms with van der Waals surface area (Å²) in [6, 6.07) is 0. The lowest BCUT2D eigenvalue weighted by Gasteiger charge is -2.57. The molecule has 1 unspecified atom stereocenters. The Hall–Kier alpha value is -1.09. The number of ether oxygens (including phenoxy) is 1. The van der Waals surface area contributed by atoms with Crippen LogP contribution in [0.25, 0.3) is 0 Å². The predicted octanol–water partition coefficient (Wildman–Crippen LogP) is 4.59. The molecule has 0 saturated heterocycles.